The summed E-state index contributed by atoms with van der Waals surface area (Å²) in [4.78, 5) is 24.7. The number of aliphatic carboxylic acids is 2. The van der Waals surface area contributed by atoms with E-state index in [9.17, 15) is 35.1 Å². The Morgan fingerprint density at radius 1 is 0.778 bits per heavy atom. The topological polar surface area (TPSA) is 145 Å². The van der Waals surface area contributed by atoms with Crippen molar-refractivity contribution in [2.45, 2.75) is 143 Å². The molecule has 0 aromatic heterocycles. The third-order valence-corrected chi connectivity index (χ3v) is 16.2. The van der Waals surface area contributed by atoms with E-state index in [-0.39, 0.29) is 39.4 Å². The molecule has 5 N–H and O–H groups in total. The number of carboxylic acid groups (broad SMARTS) is 2. The van der Waals surface area contributed by atoms with Crippen molar-refractivity contribution < 1.29 is 39.9 Å². The zero-order chi connectivity index (χ0) is 33.1. The minimum Gasteiger partial charge on any atom is -0.481 e. The van der Waals surface area contributed by atoms with E-state index < -0.39 is 47.9 Å². The number of hydrogen-bond donors (Lipinski definition) is 5. The van der Waals surface area contributed by atoms with E-state index in [2.05, 4.69) is 48.1 Å². The number of rotatable bonds is 5. The highest BCUT2D eigenvalue weighted by Gasteiger charge is 2.72. The van der Waals surface area contributed by atoms with Crippen molar-refractivity contribution in [1.29, 1.82) is 0 Å². The van der Waals surface area contributed by atoms with Gasteiger partial charge in [-0.2, -0.15) is 0 Å². The van der Waals surface area contributed by atoms with Gasteiger partial charge in [0.15, 0.2) is 6.10 Å². The van der Waals surface area contributed by atoms with Crippen LogP contribution in [0.4, 0.5) is 0 Å². The lowest BCUT2D eigenvalue weighted by molar-refractivity contribution is -0.252. The molecule has 5 saturated carbocycles. The zero-order valence-corrected chi connectivity index (χ0v) is 28.3. The molecule has 1 aliphatic heterocycles. The first-order valence-corrected chi connectivity index (χ1v) is 17.7. The van der Waals surface area contributed by atoms with E-state index >= 15 is 0 Å². The fourth-order valence-electron chi connectivity index (χ4n) is 13.6. The molecule has 0 spiro atoms. The first kappa shape index (κ1) is 33.4. The predicted molar refractivity (Wildman–Crippen MR) is 169 cm³/mol. The first-order chi connectivity index (χ1) is 20.9. The van der Waals surface area contributed by atoms with Gasteiger partial charge in [0.1, 0.15) is 18.3 Å². The minimum atomic E-state index is -1.67. The van der Waals surface area contributed by atoms with E-state index in [4.69, 9.17) is 4.74 Å². The Morgan fingerprint density at radius 3 is 2.09 bits per heavy atom. The van der Waals surface area contributed by atoms with Crippen LogP contribution in [0.5, 0.6) is 0 Å². The van der Waals surface area contributed by atoms with E-state index in [0.29, 0.717) is 24.2 Å². The van der Waals surface area contributed by atoms with Gasteiger partial charge in [0, 0.05) is 0 Å². The summed E-state index contributed by atoms with van der Waals surface area (Å²) < 4.78 is 5.75. The molecule has 8 unspecified atom stereocenters. The van der Waals surface area contributed by atoms with Crippen molar-refractivity contribution in [3.05, 3.63) is 12.2 Å². The van der Waals surface area contributed by atoms with Gasteiger partial charge < -0.3 is 30.3 Å². The molecule has 6 aliphatic rings. The summed E-state index contributed by atoms with van der Waals surface area (Å²) >= 11 is 0. The molecular weight excluding hydrogens is 572 g/mol. The maximum atomic E-state index is 12.9. The average Bonchev–Trinajstić information content (AvgIpc) is 3.36. The van der Waals surface area contributed by atoms with Gasteiger partial charge in [-0.05, 0) is 135 Å². The van der Waals surface area contributed by atoms with Gasteiger partial charge >= 0.3 is 11.9 Å². The lowest BCUT2D eigenvalue weighted by Gasteiger charge is -2.73. The monoisotopic (exact) mass is 630 g/mol. The van der Waals surface area contributed by atoms with Gasteiger partial charge in [0.05, 0.1) is 11.5 Å². The highest BCUT2D eigenvalue weighted by Crippen LogP contribution is 2.78. The van der Waals surface area contributed by atoms with Gasteiger partial charge in [-0.3, -0.25) is 4.79 Å². The molecule has 0 bridgehead atoms. The molecule has 5 aliphatic carbocycles. The Bertz CT molecular complexity index is 1230. The van der Waals surface area contributed by atoms with E-state index in [1.807, 2.05) is 0 Å². The minimum absolute atomic E-state index is 0.0649. The summed E-state index contributed by atoms with van der Waals surface area (Å²) in [5.74, 6) is 0.0272. The van der Waals surface area contributed by atoms with Crippen LogP contribution < -0.4 is 0 Å². The van der Waals surface area contributed by atoms with Gasteiger partial charge in [-0.15, -0.1) is 0 Å². The number of carboxylic acids is 2. The van der Waals surface area contributed by atoms with Gasteiger partial charge in [-0.25, -0.2) is 4.79 Å². The number of hydrogen-bond acceptors (Lipinski definition) is 6. The van der Waals surface area contributed by atoms with Crippen molar-refractivity contribution in [3.63, 3.8) is 0 Å². The molecule has 15 atom stereocenters. The predicted octanol–water partition coefficient (Wildman–Crippen LogP) is 5.67. The molecular formula is C37H58O8. The summed E-state index contributed by atoms with van der Waals surface area (Å²) in [7, 11) is 0. The number of aliphatic hydroxyl groups is 3. The van der Waals surface area contributed by atoms with Crippen LogP contribution in [0.1, 0.15) is 112 Å². The Kier molecular flexibility index (Phi) is 7.99. The first-order valence-electron chi connectivity index (χ1n) is 17.7. The third-order valence-electron chi connectivity index (χ3n) is 16.2. The number of allylic oxidation sites excluding steroid dienone is 1. The summed E-state index contributed by atoms with van der Waals surface area (Å²) in [6.07, 6.45) is 3.27. The quantitative estimate of drug-likeness (QED) is 0.245. The standard InChI is InChI=1S/C37H58O8/c1-19(2)21-11-15-37(32(43)44)17-16-35(6)22(26(21)37)8-9-25-34(5)13-10-20(33(3,4)24(34)12-14-36(25,35)7)18-23-27(38)28(39)29(40)30(45-23)31(41)42/h20-30,38-40H,1,8-18H2,2-7H3,(H,41,42)(H,43,44)/t20?,21-,22?,23-,24?,25?,26?,27?,28?,29-,30?,34-,35+,36+,37-/m0/s1. The highest BCUT2D eigenvalue weighted by molar-refractivity contribution is 5.76. The normalized spacial score (nSPS) is 53.8. The van der Waals surface area contributed by atoms with Crippen molar-refractivity contribution in [1.82, 2.24) is 0 Å². The van der Waals surface area contributed by atoms with Crippen LogP contribution in [0.15, 0.2) is 12.2 Å². The SMILES string of the molecule is C=C(C)[C@@H]1CC[C@]2(C(=O)O)CC[C@]3(C)C(CCC4[C@@]5(C)CCC(C[C@@H]6OC(C(=O)O)[C@@H](O)C(O)C6O)C(C)(C)C5CC[C@]43C)C12. The fourth-order valence-corrected chi connectivity index (χ4v) is 13.6. The molecule has 6 fully saturated rings. The van der Waals surface area contributed by atoms with Crippen LogP contribution in [0, 0.1) is 62.6 Å². The summed E-state index contributed by atoms with van der Waals surface area (Å²) in [6.45, 7) is 18.7. The fraction of sp³-hybridized carbons (Fsp3) is 0.892. The molecule has 254 valence electrons. The summed E-state index contributed by atoms with van der Waals surface area (Å²) in [5, 5.41) is 51.7. The van der Waals surface area contributed by atoms with Crippen LogP contribution in [0.3, 0.4) is 0 Å². The molecule has 0 radical (unpaired) electrons. The molecule has 0 aromatic rings. The number of ether oxygens (including phenoxy) is 1. The van der Waals surface area contributed by atoms with E-state index in [1.54, 1.807) is 0 Å². The smallest absolute Gasteiger partial charge is 0.335 e. The number of aliphatic hydroxyl groups excluding tert-OH is 3. The third kappa shape index (κ3) is 4.43. The Labute approximate surface area is 269 Å². The second-order valence-electron chi connectivity index (χ2n) is 17.8. The van der Waals surface area contributed by atoms with Crippen LogP contribution in [-0.4, -0.2) is 68.0 Å². The molecule has 8 nitrogen and oxygen atoms in total. The number of carbonyl (C=O) groups is 2. The van der Waals surface area contributed by atoms with E-state index in [0.717, 1.165) is 69.8 Å². The molecule has 1 saturated heterocycles. The van der Waals surface area contributed by atoms with Crippen LogP contribution in [0.2, 0.25) is 0 Å². The second-order valence-corrected chi connectivity index (χ2v) is 17.8. The maximum Gasteiger partial charge on any atom is 0.335 e. The average molecular weight is 631 g/mol. The summed E-state index contributed by atoms with van der Waals surface area (Å²) in [6, 6.07) is 0. The molecule has 45 heavy (non-hydrogen) atoms. The molecule has 8 heteroatoms. The van der Waals surface area contributed by atoms with Crippen molar-refractivity contribution in [2.24, 2.45) is 62.6 Å². The molecule has 0 amide bonds. The summed E-state index contributed by atoms with van der Waals surface area (Å²) in [5.41, 5.74) is 0.712. The van der Waals surface area contributed by atoms with Crippen LogP contribution in [0.25, 0.3) is 0 Å². The Balaban J connectivity index is 1.27. The van der Waals surface area contributed by atoms with Gasteiger partial charge in [0.25, 0.3) is 0 Å². The zero-order valence-electron chi connectivity index (χ0n) is 28.3. The number of fused-ring (bicyclic) bond motifs is 7. The largest absolute Gasteiger partial charge is 0.481 e. The van der Waals surface area contributed by atoms with Crippen LogP contribution in [-0.2, 0) is 14.3 Å². The molecule has 6 rings (SSSR count). The Hall–Kier alpha value is -1.48. The van der Waals surface area contributed by atoms with Gasteiger partial charge in [-0.1, -0.05) is 46.8 Å². The van der Waals surface area contributed by atoms with E-state index in [1.165, 1.54) is 0 Å². The van der Waals surface area contributed by atoms with Gasteiger partial charge in [0.2, 0.25) is 0 Å². The highest BCUT2D eigenvalue weighted by atomic mass is 16.6. The molecule has 0 aromatic carbocycles. The van der Waals surface area contributed by atoms with Crippen molar-refractivity contribution in [3.8, 4) is 0 Å². The lowest BCUT2D eigenvalue weighted by Crippen LogP contribution is -2.67. The second kappa shape index (κ2) is 10.8. The van der Waals surface area contributed by atoms with Crippen molar-refractivity contribution in [2.75, 3.05) is 0 Å². The van der Waals surface area contributed by atoms with Crippen molar-refractivity contribution >= 4 is 11.9 Å². The molecule has 1 heterocycles. The van der Waals surface area contributed by atoms with Crippen LogP contribution >= 0.6 is 0 Å². The maximum absolute atomic E-state index is 12.9. The lowest BCUT2D eigenvalue weighted by atomic mass is 9.32. The Morgan fingerprint density at radius 2 is 1.47 bits per heavy atom.